The van der Waals surface area contributed by atoms with Gasteiger partial charge in [0.1, 0.15) is 11.4 Å². The van der Waals surface area contributed by atoms with Crippen LogP contribution in [-0.2, 0) is 10.8 Å². The zero-order chi connectivity index (χ0) is 27.6. The Labute approximate surface area is 222 Å². The van der Waals surface area contributed by atoms with Crippen LogP contribution in [0.4, 0.5) is 22.7 Å². The van der Waals surface area contributed by atoms with Gasteiger partial charge < -0.3 is 9.80 Å². The van der Waals surface area contributed by atoms with E-state index in [2.05, 4.69) is 0 Å². The SMILES string of the molecule is CN(C)c1ccc(S(=O)c2ccc(N(C)C)c([N+](=O)[O-])c2-c2ccccc2)c(-c2ccccc2)c1[N+](=O)[O-]. The Morgan fingerprint density at radius 3 is 1.21 bits per heavy atom. The Morgan fingerprint density at radius 2 is 0.921 bits per heavy atom. The molecule has 0 fully saturated rings. The van der Waals surface area contributed by atoms with E-state index >= 15 is 0 Å². The number of nitro groups is 2. The molecule has 0 heterocycles. The highest BCUT2D eigenvalue weighted by Crippen LogP contribution is 2.46. The van der Waals surface area contributed by atoms with Gasteiger partial charge in [0.25, 0.3) is 0 Å². The van der Waals surface area contributed by atoms with Crippen LogP contribution < -0.4 is 9.80 Å². The molecule has 0 saturated heterocycles. The lowest BCUT2D eigenvalue weighted by molar-refractivity contribution is -0.383. The van der Waals surface area contributed by atoms with E-state index < -0.39 is 20.6 Å². The first kappa shape index (κ1) is 26.5. The molecule has 0 aliphatic carbocycles. The lowest BCUT2D eigenvalue weighted by Gasteiger charge is -2.20. The molecular formula is C28H26N4O5S. The number of benzene rings is 4. The Kier molecular flexibility index (Phi) is 7.54. The van der Waals surface area contributed by atoms with E-state index in [1.165, 1.54) is 0 Å². The van der Waals surface area contributed by atoms with Crippen molar-refractivity contribution >= 4 is 33.5 Å². The molecule has 0 bridgehead atoms. The molecule has 0 unspecified atom stereocenters. The summed E-state index contributed by atoms with van der Waals surface area (Å²) in [5.41, 5.74) is 1.79. The summed E-state index contributed by atoms with van der Waals surface area (Å²) in [5.74, 6) is 0. The topological polar surface area (TPSA) is 110 Å². The van der Waals surface area contributed by atoms with Gasteiger partial charge in [0.15, 0.2) is 0 Å². The van der Waals surface area contributed by atoms with Crippen molar-refractivity contribution in [3.8, 4) is 22.3 Å². The van der Waals surface area contributed by atoms with Gasteiger partial charge in [0, 0.05) is 28.2 Å². The van der Waals surface area contributed by atoms with E-state index in [-0.39, 0.29) is 32.3 Å². The van der Waals surface area contributed by atoms with Crippen LogP contribution in [0.1, 0.15) is 0 Å². The number of nitrogens with zero attached hydrogens (tertiary/aromatic N) is 4. The Morgan fingerprint density at radius 1 is 0.579 bits per heavy atom. The zero-order valence-electron chi connectivity index (χ0n) is 21.3. The van der Waals surface area contributed by atoms with E-state index in [0.717, 1.165) is 0 Å². The van der Waals surface area contributed by atoms with Gasteiger partial charge in [-0.1, -0.05) is 60.7 Å². The van der Waals surface area contributed by atoms with Crippen molar-refractivity contribution in [3.05, 3.63) is 105 Å². The summed E-state index contributed by atoms with van der Waals surface area (Å²) in [6.07, 6.45) is 0. The lowest BCUT2D eigenvalue weighted by atomic mass is 10.0. The fourth-order valence-electron chi connectivity index (χ4n) is 4.41. The molecule has 0 saturated carbocycles. The zero-order valence-corrected chi connectivity index (χ0v) is 22.1. The van der Waals surface area contributed by atoms with Gasteiger partial charge in [0.05, 0.1) is 41.6 Å². The summed E-state index contributed by atoms with van der Waals surface area (Å²) >= 11 is 0. The van der Waals surface area contributed by atoms with Gasteiger partial charge >= 0.3 is 11.4 Å². The molecule has 4 rings (SSSR count). The number of nitro benzene ring substituents is 2. The molecule has 0 aromatic heterocycles. The molecule has 0 N–H and O–H groups in total. The molecule has 0 atom stereocenters. The van der Waals surface area contributed by atoms with E-state index in [9.17, 15) is 24.4 Å². The Hall–Kier alpha value is -4.57. The fourth-order valence-corrected chi connectivity index (χ4v) is 5.83. The van der Waals surface area contributed by atoms with Crippen LogP contribution in [0.25, 0.3) is 22.3 Å². The van der Waals surface area contributed by atoms with Gasteiger partial charge in [0.2, 0.25) is 0 Å². The van der Waals surface area contributed by atoms with Crippen LogP contribution in [0.3, 0.4) is 0 Å². The van der Waals surface area contributed by atoms with Gasteiger partial charge in [-0.2, -0.15) is 0 Å². The van der Waals surface area contributed by atoms with E-state index in [4.69, 9.17) is 0 Å². The molecule has 0 aliphatic rings. The maximum Gasteiger partial charge on any atom is 0.301 e. The molecule has 0 amide bonds. The maximum absolute atomic E-state index is 14.4. The van der Waals surface area contributed by atoms with Gasteiger partial charge in [-0.25, -0.2) is 4.21 Å². The largest absolute Gasteiger partial charge is 0.372 e. The molecule has 10 heteroatoms. The van der Waals surface area contributed by atoms with Crippen molar-refractivity contribution in [3.63, 3.8) is 0 Å². The highest BCUT2D eigenvalue weighted by atomic mass is 32.2. The van der Waals surface area contributed by atoms with Crippen LogP contribution >= 0.6 is 0 Å². The molecule has 38 heavy (non-hydrogen) atoms. The fraction of sp³-hybridized carbons (Fsp3) is 0.143. The maximum atomic E-state index is 14.4. The third kappa shape index (κ3) is 4.85. The normalized spacial score (nSPS) is 10.9. The second kappa shape index (κ2) is 10.8. The molecule has 0 spiro atoms. The van der Waals surface area contributed by atoms with Crippen LogP contribution in [0.2, 0.25) is 0 Å². The molecule has 4 aromatic carbocycles. The summed E-state index contributed by atoms with van der Waals surface area (Å²) in [6.45, 7) is 0. The van der Waals surface area contributed by atoms with Crippen LogP contribution in [-0.4, -0.2) is 42.2 Å². The van der Waals surface area contributed by atoms with Crippen molar-refractivity contribution < 1.29 is 14.1 Å². The van der Waals surface area contributed by atoms with Crippen molar-refractivity contribution in [2.75, 3.05) is 38.0 Å². The minimum absolute atomic E-state index is 0.187. The number of hydrogen-bond acceptors (Lipinski definition) is 7. The second-order valence-electron chi connectivity index (χ2n) is 8.92. The molecular weight excluding hydrogens is 504 g/mol. The number of anilines is 2. The minimum atomic E-state index is -2.01. The highest BCUT2D eigenvalue weighted by Gasteiger charge is 2.32. The summed E-state index contributed by atoms with van der Waals surface area (Å²) in [5, 5.41) is 24.7. The van der Waals surface area contributed by atoms with Crippen LogP contribution in [0.15, 0.2) is 94.7 Å². The average molecular weight is 531 g/mol. The number of hydrogen-bond donors (Lipinski definition) is 0. The predicted molar refractivity (Wildman–Crippen MR) is 150 cm³/mol. The first-order chi connectivity index (χ1) is 18.1. The van der Waals surface area contributed by atoms with E-state index in [1.54, 1.807) is 123 Å². The monoisotopic (exact) mass is 530 g/mol. The van der Waals surface area contributed by atoms with E-state index in [0.29, 0.717) is 22.5 Å². The van der Waals surface area contributed by atoms with Crippen LogP contribution in [0, 0.1) is 20.2 Å². The molecule has 4 aromatic rings. The first-order valence-corrected chi connectivity index (χ1v) is 12.8. The Balaban J connectivity index is 2.10. The predicted octanol–water partition coefficient (Wildman–Crippen LogP) is 6.14. The molecule has 0 radical (unpaired) electrons. The quantitative estimate of drug-likeness (QED) is 0.199. The van der Waals surface area contributed by atoms with Crippen LogP contribution in [0.5, 0.6) is 0 Å². The summed E-state index contributed by atoms with van der Waals surface area (Å²) in [4.78, 5) is 27.4. The second-order valence-corrected chi connectivity index (χ2v) is 10.3. The third-order valence-electron chi connectivity index (χ3n) is 6.09. The summed E-state index contributed by atoms with van der Waals surface area (Å²) in [6, 6.07) is 23.8. The van der Waals surface area contributed by atoms with Gasteiger partial charge in [-0.05, 0) is 35.4 Å². The summed E-state index contributed by atoms with van der Waals surface area (Å²) < 4.78 is 14.4. The standard InChI is InChI=1S/C28H26N4O5S/c1-29(2)21-15-17-23(25(27(21)31(33)34)19-11-7-5-8-12-19)38(37)24-18-16-22(30(3)4)28(32(35)36)26(24)20-13-9-6-10-14-20/h5-18H,1-4H3. The van der Waals surface area contributed by atoms with E-state index in [1.807, 2.05) is 0 Å². The Bertz CT molecular complexity index is 1430. The average Bonchev–Trinajstić information content (AvgIpc) is 2.91. The smallest absolute Gasteiger partial charge is 0.301 e. The molecule has 0 aliphatic heterocycles. The lowest BCUT2D eigenvalue weighted by Crippen LogP contribution is -2.14. The first-order valence-electron chi connectivity index (χ1n) is 11.6. The van der Waals surface area contributed by atoms with Crippen molar-refractivity contribution in [2.24, 2.45) is 0 Å². The van der Waals surface area contributed by atoms with Crippen molar-refractivity contribution in [2.45, 2.75) is 9.79 Å². The van der Waals surface area contributed by atoms with Gasteiger partial charge in [-0.15, -0.1) is 0 Å². The minimum Gasteiger partial charge on any atom is -0.372 e. The number of rotatable bonds is 8. The highest BCUT2D eigenvalue weighted by molar-refractivity contribution is 7.85. The van der Waals surface area contributed by atoms with Crippen molar-refractivity contribution in [1.82, 2.24) is 0 Å². The summed E-state index contributed by atoms with van der Waals surface area (Å²) in [7, 11) is 4.78. The molecule has 9 nitrogen and oxygen atoms in total. The third-order valence-corrected chi connectivity index (χ3v) is 7.57. The molecule has 194 valence electrons. The van der Waals surface area contributed by atoms with Gasteiger partial charge in [-0.3, -0.25) is 20.2 Å². The van der Waals surface area contributed by atoms with Crippen molar-refractivity contribution in [1.29, 1.82) is 0 Å².